The average molecular weight is 288 g/mol. The fourth-order valence-electron chi connectivity index (χ4n) is 3.12. The lowest BCUT2D eigenvalue weighted by Gasteiger charge is -2.16. The first-order valence-electron chi connectivity index (χ1n) is 8.61. The molecule has 0 unspecified atom stereocenters. The van der Waals surface area contributed by atoms with Gasteiger partial charge in [-0.2, -0.15) is 0 Å². The van der Waals surface area contributed by atoms with Gasteiger partial charge in [0.1, 0.15) is 17.5 Å². The molecule has 2 aliphatic rings. The van der Waals surface area contributed by atoms with Crippen LogP contribution in [0.1, 0.15) is 58.2 Å². The van der Waals surface area contributed by atoms with E-state index in [-0.39, 0.29) is 0 Å². The summed E-state index contributed by atoms with van der Waals surface area (Å²) in [6, 6.07) is 2.07. The maximum Gasteiger partial charge on any atom is 0.133 e. The molecule has 2 saturated carbocycles. The number of rotatable bonds is 9. The lowest BCUT2D eigenvalue weighted by Crippen LogP contribution is -2.18. The summed E-state index contributed by atoms with van der Waals surface area (Å²) in [5, 5.41) is 6.98. The molecule has 1 aromatic rings. The lowest BCUT2D eigenvalue weighted by atomic mass is 10.0. The predicted molar refractivity (Wildman–Crippen MR) is 87.7 cm³/mol. The fourth-order valence-corrected chi connectivity index (χ4v) is 3.12. The summed E-state index contributed by atoms with van der Waals surface area (Å²) in [6.45, 7) is 6.41. The largest absolute Gasteiger partial charge is 0.370 e. The monoisotopic (exact) mass is 288 g/mol. The van der Waals surface area contributed by atoms with E-state index in [2.05, 4.69) is 40.5 Å². The molecule has 0 amide bonds. The molecule has 0 saturated heterocycles. The zero-order valence-corrected chi connectivity index (χ0v) is 13.4. The van der Waals surface area contributed by atoms with E-state index in [4.69, 9.17) is 0 Å². The van der Waals surface area contributed by atoms with Crippen molar-refractivity contribution in [1.29, 1.82) is 0 Å². The number of nitrogens with one attached hydrogen (secondary N) is 2. The first kappa shape index (κ1) is 14.6. The Balaban J connectivity index is 1.65. The van der Waals surface area contributed by atoms with Crippen LogP contribution in [0.2, 0.25) is 0 Å². The van der Waals surface area contributed by atoms with Crippen molar-refractivity contribution in [3.63, 3.8) is 0 Å². The Labute approximate surface area is 128 Å². The van der Waals surface area contributed by atoms with Crippen LogP contribution in [-0.4, -0.2) is 23.1 Å². The second kappa shape index (κ2) is 6.20. The molecule has 0 bridgehead atoms. The number of aryl methyl sites for hydroxylation is 1. The van der Waals surface area contributed by atoms with Crippen LogP contribution >= 0.6 is 0 Å². The van der Waals surface area contributed by atoms with Crippen molar-refractivity contribution in [2.75, 3.05) is 23.7 Å². The van der Waals surface area contributed by atoms with Crippen molar-refractivity contribution in [2.45, 2.75) is 58.8 Å². The lowest BCUT2D eigenvalue weighted by molar-refractivity contribution is 0.466. The van der Waals surface area contributed by atoms with E-state index in [9.17, 15) is 0 Å². The molecule has 1 aromatic heterocycles. The van der Waals surface area contributed by atoms with Crippen molar-refractivity contribution >= 4 is 11.6 Å². The van der Waals surface area contributed by atoms with Gasteiger partial charge in [0.15, 0.2) is 0 Å². The summed E-state index contributed by atoms with van der Waals surface area (Å²) < 4.78 is 0. The summed E-state index contributed by atoms with van der Waals surface area (Å²) in [4.78, 5) is 9.29. The highest BCUT2D eigenvalue weighted by Crippen LogP contribution is 2.61. The van der Waals surface area contributed by atoms with E-state index < -0.39 is 0 Å². The number of hydrogen-bond donors (Lipinski definition) is 2. The maximum absolute atomic E-state index is 4.68. The molecule has 3 rings (SSSR count). The van der Waals surface area contributed by atoms with Crippen molar-refractivity contribution in [1.82, 2.24) is 9.97 Å². The van der Waals surface area contributed by atoms with Gasteiger partial charge >= 0.3 is 0 Å². The van der Waals surface area contributed by atoms with Crippen molar-refractivity contribution < 1.29 is 0 Å². The van der Waals surface area contributed by atoms with Crippen LogP contribution < -0.4 is 10.6 Å². The first-order chi connectivity index (χ1) is 10.3. The Kier molecular flexibility index (Phi) is 4.32. The third-order valence-corrected chi connectivity index (χ3v) is 4.76. The SMILES string of the molecule is CCCNc1cc(NCC2(C3CC3)CC2)nc(CCC)n1. The molecule has 4 heteroatoms. The zero-order chi connectivity index (χ0) is 14.7. The van der Waals surface area contributed by atoms with Crippen LogP contribution in [-0.2, 0) is 6.42 Å². The molecule has 0 atom stereocenters. The van der Waals surface area contributed by atoms with Gasteiger partial charge in [-0.3, -0.25) is 0 Å². The van der Waals surface area contributed by atoms with Gasteiger partial charge in [-0.25, -0.2) is 9.97 Å². The highest BCUT2D eigenvalue weighted by Gasteiger charge is 2.53. The quantitative estimate of drug-likeness (QED) is 0.724. The van der Waals surface area contributed by atoms with Gasteiger partial charge in [0.05, 0.1) is 0 Å². The predicted octanol–water partition coefficient (Wildman–Crippen LogP) is 3.85. The van der Waals surface area contributed by atoms with E-state index in [1.807, 2.05) is 0 Å². The van der Waals surface area contributed by atoms with E-state index in [1.165, 1.54) is 25.7 Å². The summed E-state index contributed by atoms with van der Waals surface area (Å²) in [6.07, 6.45) is 8.83. The molecular formula is C17H28N4. The molecule has 0 spiro atoms. The number of hydrogen-bond acceptors (Lipinski definition) is 4. The molecule has 116 valence electrons. The number of anilines is 2. The van der Waals surface area contributed by atoms with Gasteiger partial charge in [-0.05, 0) is 49.9 Å². The van der Waals surface area contributed by atoms with E-state index in [0.29, 0.717) is 5.41 Å². The second-order valence-corrected chi connectivity index (χ2v) is 6.72. The molecule has 0 radical (unpaired) electrons. The van der Waals surface area contributed by atoms with Gasteiger partial charge in [0.2, 0.25) is 0 Å². The normalized spacial score (nSPS) is 19.3. The minimum Gasteiger partial charge on any atom is -0.370 e. The standard InChI is InChI=1S/C17H28N4/c1-3-5-14-20-15(18-10-4-2)11-16(21-14)19-12-17(8-9-17)13-6-7-13/h11,13H,3-10,12H2,1-2H3,(H2,18,19,20,21). The number of nitrogens with zero attached hydrogens (tertiary/aromatic N) is 2. The van der Waals surface area contributed by atoms with Crippen molar-refractivity contribution in [2.24, 2.45) is 11.3 Å². The molecular weight excluding hydrogens is 260 g/mol. The number of aromatic nitrogens is 2. The summed E-state index contributed by atoms with van der Waals surface area (Å²) >= 11 is 0. The second-order valence-electron chi connectivity index (χ2n) is 6.72. The average Bonchev–Trinajstić information content (AvgIpc) is 3.36. The first-order valence-corrected chi connectivity index (χ1v) is 8.61. The summed E-state index contributed by atoms with van der Waals surface area (Å²) in [7, 11) is 0. The zero-order valence-electron chi connectivity index (χ0n) is 13.4. The van der Waals surface area contributed by atoms with Crippen LogP contribution in [0, 0.1) is 11.3 Å². The van der Waals surface area contributed by atoms with Crippen LogP contribution in [0.25, 0.3) is 0 Å². The van der Waals surface area contributed by atoms with Gasteiger partial charge in [-0.15, -0.1) is 0 Å². The Morgan fingerprint density at radius 1 is 1.10 bits per heavy atom. The van der Waals surface area contributed by atoms with Crippen LogP contribution in [0.3, 0.4) is 0 Å². The van der Waals surface area contributed by atoms with Crippen molar-refractivity contribution in [3.8, 4) is 0 Å². The van der Waals surface area contributed by atoms with Crippen LogP contribution in [0.15, 0.2) is 6.07 Å². The molecule has 2 fully saturated rings. The minimum absolute atomic E-state index is 0.604. The third kappa shape index (κ3) is 3.66. The van der Waals surface area contributed by atoms with E-state index in [1.54, 1.807) is 0 Å². The topological polar surface area (TPSA) is 49.8 Å². The Morgan fingerprint density at radius 2 is 1.81 bits per heavy atom. The Morgan fingerprint density at radius 3 is 2.38 bits per heavy atom. The maximum atomic E-state index is 4.68. The fraction of sp³-hybridized carbons (Fsp3) is 0.765. The molecule has 0 aliphatic heterocycles. The minimum atomic E-state index is 0.604. The molecule has 1 heterocycles. The van der Waals surface area contributed by atoms with Crippen LogP contribution in [0.5, 0.6) is 0 Å². The third-order valence-electron chi connectivity index (χ3n) is 4.76. The van der Waals surface area contributed by atoms with E-state index >= 15 is 0 Å². The molecule has 21 heavy (non-hydrogen) atoms. The highest BCUT2D eigenvalue weighted by atomic mass is 15.1. The van der Waals surface area contributed by atoms with E-state index in [0.717, 1.165) is 55.7 Å². The molecule has 0 aromatic carbocycles. The molecule has 2 N–H and O–H groups in total. The van der Waals surface area contributed by atoms with Crippen molar-refractivity contribution in [3.05, 3.63) is 11.9 Å². The smallest absolute Gasteiger partial charge is 0.133 e. The highest BCUT2D eigenvalue weighted by molar-refractivity contribution is 5.48. The van der Waals surface area contributed by atoms with Gasteiger partial charge in [0, 0.05) is 25.6 Å². The summed E-state index contributed by atoms with van der Waals surface area (Å²) in [5.74, 6) is 3.91. The summed E-state index contributed by atoms with van der Waals surface area (Å²) in [5.41, 5.74) is 0.604. The van der Waals surface area contributed by atoms with Gasteiger partial charge in [0.25, 0.3) is 0 Å². The van der Waals surface area contributed by atoms with Gasteiger partial charge < -0.3 is 10.6 Å². The Bertz CT molecular complexity index is 478. The molecule has 4 nitrogen and oxygen atoms in total. The van der Waals surface area contributed by atoms with Gasteiger partial charge in [-0.1, -0.05) is 13.8 Å². The molecule has 2 aliphatic carbocycles. The Hall–Kier alpha value is -1.32. The van der Waals surface area contributed by atoms with Crippen LogP contribution in [0.4, 0.5) is 11.6 Å².